The van der Waals surface area contributed by atoms with Crippen LogP contribution in [0.15, 0.2) is 49.2 Å². The smallest absolute Gasteiger partial charge is 0.297 e. The van der Waals surface area contributed by atoms with Gasteiger partial charge in [0, 0.05) is 19.3 Å². The number of anilines is 2. The molecule has 1 aliphatic carbocycles. The van der Waals surface area contributed by atoms with E-state index >= 15 is 4.39 Å². The molecule has 0 radical (unpaired) electrons. The second-order valence-electron chi connectivity index (χ2n) is 8.42. The summed E-state index contributed by atoms with van der Waals surface area (Å²) in [7, 11) is 1.90. The van der Waals surface area contributed by atoms with Crippen LogP contribution in [0.3, 0.4) is 0 Å². The molecule has 2 aromatic carbocycles. The van der Waals surface area contributed by atoms with E-state index in [0.29, 0.717) is 30.0 Å². The minimum atomic E-state index is -0.709. The van der Waals surface area contributed by atoms with Crippen LogP contribution >= 0.6 is 11.6 Å². The van der Waals surface area contributed by atoms with E-state index in [4.69, 9.17) is 16.3 Å². The first-order chi connectivity index (χ1) is 17.9. The number of hydrogen-bond donors (Lipinski definition) is 2. The third-order valence-corrected chi connectivity index (χ3v) is 6.07. The summed E-state index contributed by atoms with van der Waals surface area (Å²) in [5, 5.41) is 5.55. The number of aryl methyl sites for hydroxylation is 1. The van der Waals surface area contributed by atoms with Crippen LogP contribution in [-0.4, -0.2) is 31.0 Å². The van der Waals surface area contributed by atoms with E-state index in [2.05, 4.69) is 49.3 Å². The molecule has 37 heavy (non-hydrogen) atoms. The minimum absolute atomic E-state index is 0.0898. The molecule has 10 heteroatoms. The number of rotatable bonds is 5. The van der Waals surface area contributed by atoms with Gasteiger partial charge in [0.2, 0.25) is 0 Å². The molecule has 8 nitrogen and oxygen atoms in total. The molecule has 1 amide bonds. The number of carbonyl (C=O) groups is 1. The Balaban J connectivity index is 1.36. The molecular weight excluding hydrogens is 495 g/mol. The van der Waals surface area contributed by atoms with E-state index in [1.54, 1.807) is 31.5 Å². The molecule has 5 rings (SSSR count). The highest BCUT2D eigenvalue weighted by Gasteiger charge is 2.42. The summed E-state index contributed by atoms with van der Waals surface area (Å²) in [5.41, 5.74) is 1.59. The fraction of sp³-hybridized carbons (Fsp3) is 0.185. The van der Waals surface area contributed by atoms with Gasteiger partial charge in [0.1, 0.15) is 34.2 Å². The van der Waals surface area contributed by atoms with Gasteiger partial charge in [0.15, 0.2) is 5.82 Å². The molecule has 0 spiro atoms. The summed E-state index contributed by atoms with van der Waals surface area (Å²) in [5.74, 6) is 10.9. The summed E-state index contributed by atoms with van der Waals surface area (Å²) in [6.07, 6.45) is 5.97. The average molecular weight is 515 g/mol. The van der Waals surface area contributed by atoms with Crippen LogP contribution in [0.1, 0.15) is 25.3 Å². The first kappa shape index (κ1) is 24.1. The lowest BCUT2D eigenvalue weighted by Crippen LogP contribution is -2.34. The maximum atomic E-state index is 15.2. The van der Waals surface area contributed by atoms with E-state index in [1.165, 1.54) is 18.6 Å². The van der Waals surface area contributed by atoms with Crippen molar-refractivity contribution in [2.45, 2.75) is 25.3 Å². The Morgan fingerprint density at radius 1 is 1.24 bits per heavy atom. The molecule has 1 saturated carbocycles. The Hall–Kier alpha value is -4.60. The molecule has 2 aromatic heterocycles. The topological polar surface area (TPSA) is 94.0 Å². The Morgan fingerprint density at radius 2 is 2.08 bits per heavy atom. The van der Waals surface area contributed by atoms with Crippen molar-refractivity contribution in [3.05, 3.63) is 65.6 Å². The van der Waals surface area contributed by atoms with E-state index in [0.717, 1.165) is 11.0 Å². The van der Waals surface area contributed by atoms with Crippen LogP contribution in [0, 0.1) is 29.5 Å². The molecule has 2 heterocycles. The Kier molecular flexibility index (Phi) is 6.39. The molecule has 1 fully saturated rings. The predicted molar refractivity (Wildman–Crippen MR) is 138 cm³/mol. The Bertz CT molecular complexity index is 1660. The maximum absolute atomic E-state index is 15.2. The van der Waals surface area contributed by atoms with Crippen molar-refractivity contribution in [1.82, 2.24) is 24.8 Å². The number of amides is 1. The largest absolute Gasteiger partial charge is 0.456 e. The van der Waals surface area contributed by atoms with Crippen LogP contribution in [-0.2, 0) is 11.8 Å². The van der Waals surface area contributed by atoms with E-state index in [-0.39, 0.29) is 22.4 Å². The third kappa shape index (κ3) is 5.18. The highest BCUT2D eigenvalue weighted by Crippen LogP contribution is 2.37. The lowest BCUT2D eigenvalue weighted by Gasteiger charge is -2.13. The summed E-state index contributed by atoms with van der Waals surface area (Å²) >= 11 is 6.31. The first-order valence-electron chi connectivity index (χ1n) is 11.3. The van der Waals surface area contributed by atoms with Crippen molar-refractivity contribution in [1.29, 1.82) is 0 Å². The number of benzene rings is 2. The number of halogens is 2. The number of nitrogens with zero attached hydrogens (tertiary/aromatic N) is 4. The van der Waals surface area contributed by atoms with Gasteiger partial charge in [0.05, 0.1) is 28.6 Å². The quantitative estimate of drug-likeness (QED) is 0.374. The minimum Gasteiger partial charge on any atom is -0.456 e. The normalized spacial score (nSPS) is 13.1. The van der Waals surface area contributed by atoms with Gasteiger partial charge in [-0.2, -0.15) is 0 Å². The lowest BCUT2D eigenvalue weighted by molar-refractivity contribution is -0.116. The van der Waals surface area contributed by atoms with Crippen molar-refractivity contribution >= 4 is 40.0 Å². The average Bonchev–Trinajstić information content (AvgIpc) is 3.55. The fourth-order valence-corrected chi connectivity index (χ4v) is 3.82. The highest BCUT2D eigenvalue weighted by atomic mass is 35.5. The molecule has 2 N–H and O–H groups in total. The van der Waals surface area contributed by atoms with Gasteiger partial charge < -0.3 is 19.9 Å². The Morgan fingerprint density at radius 3 is 2.86 bits per heavy atom. The third-order valence-electron chi connectivity index (χ3n) is 5.71. The predicted octanol–water partition coefficient (Wildman–Crippen LogP) is 4.72. The second kappa shape index (κ2) is 9.81. The van der Waals surface area contributed by atoms with Gasteiger partial charge in [-0.15, -0.1) is 0 Å². The molecule has 0 saturated heterocycles. The van der Waals surface area contributed by atoms with Crippen LogP contribution in [0.2, 0.25) is 5.02 Å². The maximum Gasteiger partial charge on any atom is 0.297 e. The first-order valence-corrected chi connectivity index (χ1v) is 11.7. The lowest BCUT2D eigenvalue weighted by atomic mass is 10.2. The molecule has 0 bridgehead atoms. The Labute approximate surface area is 217 Å². The van der Waals surface area contributed by atoms with Gasteiger partial charge in [-0.25, -0.2) is 19.3 Å². The fourth-order valence-electron chi connectivity index (χ4n) is 3.62. The van der Waals surface area contributed by atoms with E-state index in [9.17, 15) is 4.79 Å². The molecule has 184 valence electrons. The molecular formula is C27H20ClFN6O2. The second-order valence-corrected chi connectivity index (χ2v) is 8.80. The van der Waals surface area contributed by atoms with E-state index in [1.807, 2.05) is 17.7 Å². The van der Waals surface area contributed by atoms with Crippen LogP contribution in [0.5, 0.6) is 11.5 Å². The monoisotopic (exact) mass is 514 g/mol. The number of fused-ring (bicyclic) bond motifs is 1. The summed E-state index contributed by atoms with van der Waals surface area (Å²) in [6.45, 7) is 1.59. The molecule has 0 unspecified atom stereocenters. The summed E-state index contributed by atoms with van der Waals surface area (Å²) in [6, 6.07) is 8.45. The zero-order chi connectivity index (χ0) is 26.0. The van der Waals surface area contributed by atoms with Crippen molar-refractivity contribution < 1.29 is 13.9 Å². The SMILES string of the molecule is CC#CC(=O)NC1(C#Cc2cncnc2Nc2ccc(Oc3ccc4c(c3)ncn4C)c(Cl)c2F)CC1. The van der Waals surface area contributed by atoms with Crippen molar-refractivity contribution in [2.24, 2.45) is 7.05 Å². The standard InChI is InChI=1S/C27H20ClFN6O2/c1-3-4-23(36)34-27(11-12-27)10-9-17-14-30-15-31-26(17)33-19-6-8-22(24(28)25(19)29)37-18-5-7-21-20(13-18)32-16-35(21)2/h5-8,13-16H,11-12H2,1-2H3,(H,34,36)(H,30,31,33). The number of nitrogens with one attached hydrogen (secondary N) is 2. The summed E-state index contributed by atoms with van der Waals surface area (Å²) in [4.78, 5) is 24.3. The van der Waals surface area contributed by atoms with Crippen molar-refractivity contribution in [3.63, 3.8) is 0 Å². The zero-order valence-electron chi connectivity index (χ0n) is 19.9. The van der Waals surface area contributed by atoms with Crippen LogP contribution in [0.4, 0.5) is 15.9 Å². The highest BCUT2D eigenvalue weighted by molar-refractivity contribution is 6.32. The number of carbonyl (C=O) groups excluding carboxylic acids is 1. The number of ether oxygens (including phenoxy) is 1. The van der Waals surface area contributed by atoms with Gasteiger partial charge in [-0.3, -0.25) is 4.79 Å². The van der Waals surface area contributed by atoms with E-state index < -0.39 is 11.4 Å². The molecule has 4 aromatic rings. The van der Waals surface area contributed by atoms with Gasteiger partial charge in [-0.1, -0.05) is 29.4 Å². The number of aromatic nitrogens is 4. The zero-order valence-corrected chi connectivity index (χ0v) is 20.7. The van der Waals surface area contributed by atoms with Crippen LogP contribution in [0.25, 0.3) is 11.0 Å². The van der Waals surface area contributed by atoms with Gasteiger partial charge in [0.25, 0.3) is 5.91 Å². The van der Waals surface area contributed by atoms with Crippen molar-refractivity contribution in [3.8, 4) is 35.2 Å². The number of hydrogen-bond acceptors (Lipinski definition) is 6. The number of imidazole rings is 1. The van der Waals surface area contributed by atoms with Crippen molar-refractivity contribution in [2.75, 3.05) is 5.32 Å². The van der Waals surface area contributed by atoms with Gasteiger partial charge in [-0.05, 0) is 50.0 Å². The molecule has 0 atom stereocenters. The van der Waals surface area contributed by atoms with Gasteiger partial charge >= 0.3 is 0 Å². The molecule has 1 aliphatic rings. The molecule has 0 aliphatic heterocycles. The van der Waals surface area contributed by atoms with Crippen LogP contribution < -0.4 is 15.4 Å². The summed E-state index contributed by atoms with van der Waals surface area (Å²) < 4.78 is 22.9.